The van der Waals surface area contributed by atoms with E-state index in [9.17, 15) is 9.59 Å². The van der Waals surface area contributed by atoms with Crippen LogP contribution in [0.15, 0.2) is 0 Å². The molecule has 2 fully saturated rings. The number of urea groups is 1. The Kier molecular flexibility index (Phi) is 4.02. The third-order valence-electron chi connectivity index (χ3n) is 4.80. The van der Waals surface area contributed by atoms with Gasteiger partial charge in [0, 0.05) is 13.1 Å². The smallest absolute Gasteiger partial charge is 0.314 e. The number of nitrogens with one attached hydrogen (secondary N) is 2. The van der Waals surface area contributed by atoms with Crippen LogP contribution >= 0.6 is 0 Å². The van der Waals surface area contributed by atoms with Crippen molar-refractivity contribution in [1.82, 2.24) is 10.6 Å². The fourth-order valence-corrected chi connectivity index (χ4v) is 2.99. The van der Waals surface area contributed by atoms with Crippen LogP contribution in [-0.4, -0.2) is 30.2 Å². The van der Waals surface area contributed by atoms with Crippen LogP contribution in [0, 0.1) is 10.8 Å². The van der Waals surface area contributed by atoms with Gasteiger partial charge in [-0.3, -0.25) is 4.79 Å². The van der Waals surface area contributed by atoms with E-state index in [1.165, 1.54) is 19.3 Å². The lowest BCUT2D eigenvalue weighted by Gasteiger charge is -2.41. The number of rotatable bonds is 6. The van der Waals surface area contributed by atoms with Gasteiger partial charge in [-0.15, -0.1) is 0 Å². The molecule has 0 bridgehead atoms. The lowest BCUT2D eigenvalue weighted by molar-refractivity contribution is -0.141. The monoisotopic (exact) mass is 268 g/mol. The molecule has 0 spiro atoms. The predicted octanol–water partition coefficient (Wildman–Crippen LogP) is 2.12. The fraction of sp³-hybridized carbons (Fsp3) is 0.857. The number of aliphatic carboxylic acids is 1. The van der Waals surface area contributed by atoms with Crippen molar-refractivity contribution in [3.8, 4) is 0 Å². The Morgan fingerprint density at radius 2 is 1.63 bits per heavy atom. The van der Waals surface area contributed by atoms with E-state index in [0.717, 1.165) is 19.3 Å². The van der Waals surface area contributed by atoms with Crippen molar-refractivity contribution in [3.63, 3.8) is 0 Å². The molecule has 0 aliphatic heterocycles. The molecule has 0 atom stereocenters. The number of carbonyl (C=O) groups is 2. The third kappa shape index (κ3) is 3.61. The van der Waals surface area contributed by atoms with E-state index in [0.29, 0.717) is 13.1 Å². The van der Waals surface area contributed by atoms with E-state index in [2.05, 4.69) is 17.6 Å². The molecule has 0 unspecified atom stereocenters. The van der Waals surface area contributed by atoms with Gasteiger partial charge in [0.25, 0.3) is 0 Å². The second-order valence-electron chi connectivity index (χ2n) is 6.62. The Labute approximate surface area is 114 Å². The predicted molar refractivity (Wildman–Crippen MR) is 71.9 cm³/mol. The average molecular weight is 268 g/mol. The Bertz CT molecular complexity index is 360. The van der Waals surface area contributed by atoms with E-state index >= 15 is 0 Å². The summed E-state index contributed by atoms with van der Waals surface area (Å²) in [5.41, 5.74) is 0.0656. The van der Waals surface area contributed by atoms with Crippen molar-refractivity contribution >= 4 is 12.0 Å². The second kappa shape index (κ2) is 5.39. The SMILES string of the molecule is CC1(CNC(=O)NCC2(CC(=O)O)CCC2)CCC1. The topological polar surface area (TPSA) is 78.4 Å². The van der Waals surface area contributed by atoms with Crippen molar-refractivity contribution in [3.05, 3.63) is 0 Å². The molecule has 3 N–H and O–H groups in total. The van der Waals surface area contributed by atoms with Crippen LogP contribution in [-0.2, 0) is 4.79 Å². The minimum Gasteiger partial charge on any atom is -0.481 e. The average Bonchev–Trinajstić information content (AvgIpc) is 2.26. The summed E-state index contributed by atoms with van der Waals surface area (Å²) < 4.78 is 0. The molecule has 0 aromatic heterocycles. The van der Waals surface area contributed by atoms with Crippen molar-refractivity contribution in [2.75, 3.05) is 13.1 Å². The quantitative estimate of drug-likeness (QED) is 0.690. The van der Waals surface area contributed by atoms with Gasteiger partial charge in [-0.25, -0.2) is 4.79 Å². The molecule has 0 aromatic rings. The van der Waals surface area contributed by atoms with Crippen LogP contribution in [0.4, 0.5) is 4.79 Å². The van der Waals surface area contributed by atoms with Gasteiger partial charge >= 0.3 is 12.0 Å². The maximum atomic E-state index is 11.7. The molecular formula is C14H24N2O3. The summed E-state index contributed by atoms with van der Waals surface area (Å²) in [6.45, 7) is 3.38. The van der Waals surface area contributed by atoms with Gasteiger partial charge in [-0.05, 0) is 36.5 Å². The van der Waals surface area contributed by atoms with Gasteiger partial charge in [0.05, 0.1) is 6.42 Å². The Balaban J connectivity index is 1.69. The molecule has 5 heteroatoms. The minimum atomic E-state index is -0.774. The number of carboxylic acid groups (broad SMARTS) is 1. The lowest BCUT2D eigenvalue weighted by Crippen LogP contribution is -2.49. The third-order valence-corrected chi connectivity index (χ3v) is 4.80. The normalized spacial score (nSPS) is 22.8. The summed E-state index contributed by atoms with van der Waals surface area (Å²) in [4.78, 5) is 22.6. The minimum absolute atomic E-state index is 0.158. The van der Waals surface area contributed by atoms with E-state index in [1.54, 1.807) is 0 Å². The van der Waals surface area contributed by atoms with E-state index in [-0.39, 0.29) is 23.3 Å². The highest BCUT2D eigenvalue weighted by molar-refractivity contribution is 5.74. The van der Waals surface area contributed by atoms with Gasteiger partial charge in [-0.2, -0.15) is 0 Å². The molecule has 2 amide bonds. The molecule has 2 aliphatic rings. The van der Waals surface area contributed by atoms with Crippen LogP contribution in [0.1, 0.15) is 51.9 Å². The number of amides is 2. The maximum absolute atomic E-state index is 11.7. The summed E-state index contributed by atoms with van der Waals surface area (Å²) in [6, 6.07) is -0.162. The first-order valence-corrected chi connectivity index (χ1v) is 7.17. The first-order chi connectivity index (χ1) is 8.93. The van der Waals surface area contributed by atoms with Crippen molar-refractivity contribution in [2.45, 2.75) is 51.9 Å². The summed E-state index contributed by atoms with van der Waals surface area (Å²) in [6.07, 6.45) is 6.63. The molecule has 19 heavy (non-hydrogen) atoms. The van der Waals surface area contributed by atoms with Crippen LogP contribution in [0.3, 0.4) is 0 Å². The van der Waals surface area contributed by atoms with Gasteiger partial charge in [0.2, 0.25) is 0 Å². The molecule has 0 saturated heterocycles. The largest absolute Gasteiger partial charge is 0.481 e. The highest BCUT2D eigenvalue weighted by Crippen LogP contribution is 2.43. The Morgan fingerprint density at radius 1 is 1.05 bits per heavy atom. The Morgan fingerprint density at radius 3 is 2.05 bits per heavy atom. The first-order valence-electron chi connectivity index (χ1n) is 7.17. The van der Waals surface area contributed by atoms with Crippen LogP contribution in [0.5, 0.6) is 0 Å². The molecular weight excluding hydrogens is 244 g/mol. The summed E-state index contributed by atoms with van der Waals surface area (Å²) >= 11 is 0. The van der Waals surface area contributed by atoms with E-state index in [4.69, 9.17) is 5.11 Å². The summed E-state index contributed by atoms with van der Waals surface area (Å²) in [5, 5.41) is 14.6. The first kappa shape index (κ1) is 14.2. The van der Waals surface area contributed by atoms with Gasteiger partial charge in [0.15, 0.2) is 0 Å². The maximum Gasteiger partial charge on any atom is 0.314 e. The number of hydrogen-bond donors (Lipinski definition) is 3. The van der Waals surface area contributed by atoms with E-state index < -0.39 is 5.97 Å². The zero-order valence-corrected chi connectivity index (χ0v) is 11.6. The van der Waals surface area contributed by atoms with Gasteiger partial charge in [0.1, 0.15) is 0 Å². The lowest BCUT2D eigenvalue weighted by atomic mass is 9.66. The number of carbonyl (C=O) groups excluding carboxylic acids is 1. The fourth-order valence-electron chi connectivity index (χ4n) is 2.99. The highest BCUT2D eigenvalue weighted by Gasteiger charge is 2.39. The van der Waals surface area contributed by atoms with Gasteiger partial charge in [-0.1, -0.05) is 19.8 Å². The molecule has 2 rings (SSSR count). The Hall–Kier alpha value is -1.26. The highest BCUT2D eigenvalue weighted by atomic mass is 16.4. The number of carboxylic acids is 1. The van der Waals surface area contributed by atoms with E-state index in [1.807, 2.05) is 0 Å². The van der Waals surface area contributed by atoms with Crippen LogP contribution in [0.2, 0.25) is 0 Å². The molecule has 108 valence electrons. The second-order valence-corrected chi connectivity index (χ2v) is 6.62. The number of hydrogen-bond acceptors (Lipinski definition) is 2. The standard InChI is InChI=1S/C14H24N2O3/c1-13(4-2-5-13)9-15-12(19)16-10-14(6-3-7-14)8-11(17)18/h2-10H2,1H3,(H,17,18)(H2,15,16,19). The van der Waals surface area contributed by atoms with Crippen LogP contribution < -0.4 is 10.6 Å². The summed E-state index contributed by atoms with van der Waals surface area (Å²) in [5.74, 6) is -0.774. The van der Waals surface area contributed by atoms with Crippen molar-refractivity contribution in [2.24, 2.45) is 10.8 Å². The zero-order chi connectivity index (χ0) is 13.9. The molecule has 0 heterocycles. The van der Waals surface area contributed by atoms with Crippen molar-refractivity contribution in [1.29, 1.82) is 0 Å². The molecule has 0 radical (unpaired) electrons. The van der Waals surface area contributed by atoms with Crippen molar-refractivity contribution < 1.29 is 14.7 Å². The molecule has 2 aliphatic carbocycles. The van der Waals surface area contributed by atoms with Crippen LogP contribution in [0.25, 0.3) is 0 Å². The summed E-state index contributed by atoms with van der Waals surface area (Å²) in [7, 11) is 0. The zero-order valence-electron chi connectivity index (χ0n) is 11.6. The molecule has 0 aromatic carbocycles. The molecule has 2 saturated carbocycles. The molecule has 5 nitrogen and oxygen atoms in total. The van der Waals surface area contributed by atoms with Gasteiger partial charge < -0.3 is 15.7 Å².